The average molecular weight is 480 g/mol. The highest BCUT2D eigenvalue weighted by Gasteiger charge is 2.40. The first-order valence-electron chi connectivity index (χ1n) is 12.1. The minimum atomic E-state index is -0.674. The summed E-state index contributed by atoms with van der Waals surface area (Å²) in [5.41, 5.74) is 3.01. The number of aliphatic hydroxyl groups excluding tert-OH is 1. The summed E-state index contributed by atoms with van der Waals surface area (Å²) in [6.07, 6.45) is 4.12. The Morgan fingerprint density at radius 2 is 1.83 bits per heavy atom. The highest BCUT2D eigenvalue weighted by Crippen LogP contribution is 2.30. The standard InChI is InChI=1S/C27H33N3O5/c1-34-25-10-6-4-8-22(25)18-11-13-19(14-12-18)27(33)30-16-21(29-35-2)15-24(30)26(32)28-23-9-5-3-7-20(23)17-31/h4,6,8,10-14,20,23-24,31H,3,5,7,9,15-17H2,1-2H3,(H,28,32)/t20-,23+,24-/m0/s1. The van der Waals surface area contributed by atoms with Crippen molar-refractivity contribution >= 4 is 17.5 Å². The Hall–Kier alpha value is -3.39. The first-order valence-corrected chi connectivity index (χ1v) is 12.1. The molecule has 186 valence electrons. The molecule has 2 amide bonds. The first kappa shape index (κ1) is 24.7. The highest BCUT2D eigenvalue weighted by atomic mass is 16.6. The van der Waals surface area contributed by atoms with Crippen LogP contribution in [0.25, 0.3) is 11.1 Å². The average Bonchev–Trinajstić information content (AvgIpc) is 3.33. The number of oxime groups is 1. The highest BCUT2D eigenvalue weighted by molar-refractivity contribution is 6.05. The minimum Gasteiger partial charge on any atom is -0.496 e. The van der Waals surface area contributed by atoms with Gasteiger partial charge in [0.15, 0.2) is 0 Å². The van der Waals surface area contributed by atoms with Gasteiger partial charge in [0.1, 0.15) is 18.9 Å². The number of benzene rings is 2. The maximum Gasteiger partial charge on any atom is 0.254 e. The van der Waals surface area contributed by atoms with E-state index in [9.17, 15) is 14.7 Å². The molecule has 0 aromatic heterocycles. The lowest BCUT2D eigenvalue weighted by molar-refractivity contribution is -0.126. The monoisotopic (exact) mass is 479 g/mol. The third-order valence-electron chi connectivity index (χ3n) is 6.96. The predicted octanol–water partition coefficient (Wildman–Crippen LogP) is 3.25. The third-order valence-corrected chi connectivity index (χ3v) is 6.96. The van der Waals surface area contributed by atoms with Crippen LogP contribution in [-0.4, -0.2) is 67.0 Å². The van der Waals surface area contributed by atoms with E-state index in [0.717, 1.165) is 42.6 Å². The van der Waals surface area contributed by atoms with Gasteiger partial charge in [0.2, 0.25) is 5.91 Å². The van der Waals surface area contributed by atoms with Crippen LogP contribution >= 0.6 is 0 Å². The molecule has 3 atom stereocenters. The van der Waals surface area contributed by atoms with Gasteiger partial charge in [0.05, 0.1) is 19.4 Å². The van der Waals surface area contributed by atoms with Crippen molar-refractivity contribution in [2.24, 2.45) is 11.1 Å². The Morgan fingerprint density at radius 3 is 2.54 bits per heavy atom. The van der Waals surface area contributed by atoms with Gasteiger partial charge >= 0.3 is 0 Å². The summed E-state index contributed by atoms with van der Waals surface area (Å²) in [5, 5.41) is 16.8. The van der Waals surface area contributed by atoms with E-state index in [1.807, 2.05) is 36.4 Å². The Bertz CT molecular complexity index is 1070. The molecule has 1 aliphatic carbocycles. The lowest BCUT2D eigenvalue weighted by Gasteiger charge is -2.33. The number of likely N-dealkylation sites (tertiary alicyclic amines) is 1. The molecule has 2 aromatic rings. The summed E-state index contributed by atoms with van der Waals surface area (Å²) in [6.45, 7) is 0.278. The minimum absolute atomic E-state index is 0.0488. The summed E-state index contributed by atoms with van der Waals surface area (Å²) in [5.74, 6) is 0.357. The zero-order valence-electron chi connectivity index (χ0n) is 20.3. The van der Waals surface area contributed by atoms with Crippen molar-refractivity contribution in [3.8, 4) is 16.9 Å². The van der Waals surface area contributed by atoms with E-state index < -0.39 is 6.04 Å². The molecule has 2 aromatic carbocycles. The van der Waals surface area contributed by atoms with Crippen LogP contribution in [0.15, 0.2) is 53.7 Å². The van der Waals surface area contributed by atoms with Gasteiger partial charge in [-0.25, -0.2) is 0 Å². The first-order chi connectivity index (χ1) is 17.0. The molecule has 0 spiro atoms. The van der Waals surface area contributed by atoms with E-state index >= 15 is 0 Å². The van der Waals surface area contributed by atoms with E-state index in [-0.39, 0.29) is 36.9 Å². The molecule has 1 aliphatic heterocycles. The van der Waals surface area contributed by atoms with Crippen molar-refractivity contribution in [1.29, 1.82) is 0 Å². The molecule has 1 saturated heterocycles. The second kappa shape index (κ2) is 11.4. The van der Waals surface area contributed by atoms with Crippen molar-refractivity contribution in [1.82, 2.24) is 10.2 Å². The van der Waals surface area contributed by atoms with Crippen molar-refractivity contribution < 1.29 is 24.3 Å². The van der Waals surface area contributed by atoms with Crippen molar-refractivity contribution in [2.45, 2.75) is 44.2 Å². The fourth-order valence-corrected chi connectivity index (χ4v) is 5.08. The molecule has 0 unspecified atom stereocenters. The summed E-state index contributed by atoms with van der Waals surface area (Å²) in [4.78, 5) is 33.3. The Balaban J connectivity index is 1.53. The lowest BCUT2D eigenvalue weighted by Crippen LogP contribution is -2.51. The van der Waals surface area contributed by atoms with E-state index in [2.05, 4.69) is 10.5 Å². The zero-order chi connectivity index (χ0) is 24.8. The van der Waals surface area contributed by atoms with Gasteiger partial charge in [-0.15, -0.1) is 0 Å². The number of methoxy groups -OCH3 is 1. The Kier molecular flexibility index (Phi) is 8.02. The van der Waals surface area contributed by atoms with Crippen molar-refractivity contribution in [3.63, 3.8) is 0 Å². The molecule has 1 heterocycles. The van der Waals surface area contributed by atoms with Crippen LogP contribution in [0.2, 0.25) is 0 Å². The van der Waals surface area contributed by atoms with Crippen LogP contribution < -0.4 is 10.1 Å². The predicted molar refractivity (Wildman–Crippen MR) is 133 cm³/mol. The maximum absolute atomic E-state index is 13.5. The molecule has 2 N–H and O–H groups in total. The number of para-hydroxylation sites is 1. The largest absolute Gasteiger partial charge is 0.496 e. The maximum atomic E-state index is 13.5. The molecule has 8 heteroatoms. The summed E-state index contributed by atoms with van der Waals surface area (Å²) < 4.78 is 5.45. The van der Waals surface area contributed by atoms with Gasteiger partial charge in [-0.05, 0) is 36.6 Å². The normalized spacial score (nSPS) is 23.2. The number of nitrogens with one attached hydrogen (secondary N) is 1. The molecule has 1 saturated carbocycles. The van der Waals surface area contributed by atoms with Gasteiger partial charge in [-0.3, -0.25) is 9.59 Å². The van der Waals surface area contributed by atoms with E-state index in [0.29, 0.717) is 17.7 Å². The molecule has 2 fully saturated rings. The van der Waals surface area contributed by atoms with Crippen LogP contribution in [0.4, 0.5) is 0 Å². The number of carbonyl (C=O) groups excluding carboxylic acids is 2. The molecular formula is C27H33N3O5. The quantitative estimate of drug-likeness (QED) is 0.594. The van der Waals surface area contributed by atoms with Gasteiger partial charge in [-0.2, -0.15) is 0 Å². The van der Waals surface area contributed by atoms with Crippen LogP contribution in [0.5, 0.6) is 5.75 Å². The lowest BCUT2D eigenvalue weighted by atomic mass is 9.85. The number of ether oxygens (including phenoxy) is 1. The second-order valence-electron chi connectivity index (χ2n) is 9.11. The molecule has 8 nitrogen and oxygen atoms in total. The molecular weight excluding hydrogens is 446 g/mol. The fourth-order valence-electron chi connectivity index (χ4n) is 5.08. The Morgan fingerprint density at radius 1 is 1.09 bits per heavy atom. The van der Waals surface area contributed by atoms with Crippen LogP contribution in [-0.2, 0) is 9.63 Å². The van der Waals surface area contributed by atoms with Gasteiger partial charge in [0.25, 0.3) is 5.91 Å². The SMILES string of the molecule is CON=C1C[C@@H](C(=O)N[C@@H]2CCCC[C@H]2CO)N(C(=O)c2ccc(-c3ccccc3OC)cc2)C1. The molecule has 0 bridgehead atoms. The van der Waals surface area contributed by atoms with Crippen molar-refractivity contribution in [2.75, 3.05) is 27.4 Å². The van der Waals surface area contributed by atoms with Gasteiger partial charge in [-0.1, -0.05) is 48.3 Å². The second-order valence-corrected chi connectivity index (χ2v) is 9.11. The number of hydrogen-bond donors (Lipinski definition) is 2. The number of rotatable bonds is 7. The van der Waals surface area contributed by atoms with Crippen molar-refractivity contribution in [3.05, 3.63) is 54.1 Å². The summed E-state index contributed by atoms with van der Waals surface area (Å²) in [6, 6.07) is 14.3. The van der Waals surface area contributed by atoms with E-state index in [4.69, 9.17) is 9.57 Å². The number of carbonyl (C=O) groups is 2. The molecule has 35 heavy (non-hydrogen) atoms. The summed E-state index contributed by atoms with van der Waals surface area (Å²) in [7, 11) is 3.08. The molecule has 0 radical (unpaired) electrons. The molecule has 4 rings (SSSR count). The van der Waals surface area contributed by atoms with Crippen LogP contribution in [0.3, 0.4) is 0 Å². The summed E-state index contributed by atoms with van der Waals surface area (Å²) >= 11 is 0. The fraction of sp³-hybridized carbons (Fsp3) is 0.444. The van der Waals surface area contributed by atoms with Gasteiger partial charge in [0, 0.05) is 36.1 Å². The number of amides is 2. The number of nitrogens with zero attached hydrogens (tertiary/aromatic N) is 2. The third kappa shape index (κ3) is 5.48. The molecule has 2 aliphatic rings. The number of hydrogen-bond acceptors (Lipinski definition) is 6. The smallest absolute Gasteiger partial charge is 0.254 e. The van der Waals surface area contributed by atoms with E-state index in [1.165, 1.54) is 7.11 Å². The number of aliphatic hydroxyl groups is 1. The topological polar surface area (TPSA) is 100 Å². The Labute approximate surface area is 205 Å². The van der Waals surface area contributed by atoms with Crippen LogP contribution in [0, 0.1) is 5.92 Å². The zero-order valence-corrected chi connectivity index (χ0v) is 20.3. The van der Waals surface area contributed by atoms with E-state index in [1.54, 1.807) is 24.1 Å². The van der Waals surface area contributed by atoms with Gasteiger partial charge < -0.3 is 24.9 Å². The van der Waals surface area contributed by atoms with Crippen LogP contribution in [0.1, 0.15) is 42.5 Å².